The predicted octanol–water partition coefficient (Wildman–Crippen LogP) is 1.75. The molecule has 0 bridgehead atoms. The topological polar surface area (TPSA) is 35.5 Å². The summed E-state index contributed by atoms with van der Waals surface area (Å²) in [6.45, 7) is 5.74. The van der Waals surface area contributed by atoms with Crippen molar-refractivity contribution in [1.29, 1.82) is 0 Å². The first-order chi connectivity index (χ1) is 8.31. The van der Waals surface area contributed by atoms with Crippen LogP contribution >= 0.6 is 0 Å². The molecule has 3 atom stereocenters. The average molecular weight is 240 g/mol. The maximum absolute atomic E-state index is 10.1. The molecule has 0 amide bonds. The zero-order valence-electron chi connectivity index (χ0n) is 11.2. The Balaban J connectivity index is 1.76. The fourth-order valence-corrected chi connectivity index (χ4v) is 3.36. The number of hydrogen-bond donors (Lipinski definition) is 2. The van der Waals surface area contributed by atoms with E-state index in [9.17, 15) is 5.11 Å². The van der Waals surface area contributed by atoms with Gasteiger partial charge in [0, 0.05) is 18.6 Å². The molecule has 3 unspecified atom stereocenters. The lowest BCUT2D eigenvalue weighted by atomic mass is 10.1. The maximum atomic E-state index is 10.1. The van der Waals surface area contributed by atoms with Crippen LogP contribution in [0.15, 0.2) is 0 Å². The molecule has 1 heterocycles. The number of likely N-dealkylation sites (N-methyl/N-ethyl adjacent to an activating group) is 1. The molecule has 1 aliphatic carbocycles. The van der Waals surface area contributed by atoms with E-state index in [1.807, 2.05) is 0 Å². The fourth-order valence-electron chi connectivity index (χ4n) is 3.36. The summed E-state index contributed by atoms with van der Waals surface area (Å²) in [5.74, 6) is 0. The minimum atomic E-state index is -0.117. The molecule has 2 N–H and O–H groups in total. The first-order valence-electron chi connectivity index (χ1n) is 7.46. The first-order valence-corrected chi connectivity index (χ1v) is 7.46. The van der Waals surface area contributed by atoms with E-state index < -0.39 is 0 Å². The van der Waals surface area contributed by atoms with Crippen molar-refractivity contribution in [1.82, 2.24) is 10.2 Å². The minimum Gasteiger partial charge on any atom is -0.392 e. The van der Waals surface area contributed by atoms with Crippen molar-refractivity contribution >= 4 is 0 Å². The van der Waals surface area contributed by atoms with Crippen LogP contribution in [0.2, 0.25) is 0 Å². The maximum Gasteiger partial charge on any atom is 0.0693 e. The van der Waals surface area contributed by atoms with Gasteiger partial charge in [-0.05, 0) is 38.8 Å². The number of aliphatic hydroxyl groups excluding tert-OH is 1. The van der Waals surface area contributed by atoms with Crippen molar-refractivity contribution in [2.45, 2.75) is 70.1 Å². The van der Waals surface area contributed by atoms with Crippen LogP contribution in [0.1, 0.15) is 51.9 Å². The molecular weight excluding hydrogens is 212 g/mol. The molecule has 17 heavy (non-hydrogen) atoms. The quantitative estimate of drug-likeness (QED) is 0.735. The van der Waals surface area contributed by atoms with Crippen LogP contribution in [0.5, 0.6) is 0 Å². The fraction of sp³-hybridized carbons (Fsp3) is 1.00. The van der Waals surface area contributed by atoms with E-state index in [2.05, 4.69) is 17.1 Å². The van der Waals surface area contributed by atoms with Gasteiger partial charge in [-0.2, -0.15) is 0 Å². The molecule has 3 heteroatoms. The van der Waals surface area contributed by atoms with Crippen molar-refractivity contribution in [3.05, 3.63) is 0 Å². The SMILES string of the molecule is CCN1CCCC1CNC1CCCCCC1O. The number of hydrogen-bond acceptors (Lipinski definition) is 3. The Morgan fingerprint density at radius 2 is 1.94 bits per heavy atom. The second-order valence-corrected chi connectivity index (χ2v) is 5.64. The van der Waals surface area contributed by atoms with Crippen LogP contribution in [0, 0.1) is 0 Å². The minimum absolute atomic E-state index is 0.117. The number of rotatable bonds is 4. The van der Waals surface area contributed by atoms with Gasteiger partial charge in [0.1, 0.15) is 0 Å². The molecule has 2 aliphatic rings. The summed E-state index contributed by atoms with van der Waals surface area (Å²) < 4.78 is 0. The van der Waals surface area contributed by atoms with E-state index in [1.165, 1.54) is 45.2 Å². The molecule has 0 spiro atoms. The van der Waals surface area contributed by atoms with Crippen LogP contribution in [-0.4, -0.2) is 47.8 Å². The van der Waals surface area contributed by atoms with Crippen molar-refractivity contribution < 1.29 is 5.11 Å². The zero-order valence-corrected chi connectivity index (χ0v) is 11.2. The van der Waals surface area contributed by atoms with Crippen LogP contribution in [0.4, 0.5) is 0 Å². The van der Waals surface area contributed by atoms with Crippen molar-refractivity contribution in [2.75, 3.05) is 19.6 Å². The zero-order chi connectivity index (χ0) is 12.1. The third-order valence-corrected chi connectivity index (χ3v) is 4.50. The Morgan fingerprint density at radius 1 is 1.12 bits per heavy atom. The van der Waals surface area contributed by atoms with Crippen LogP contribution < -0.4 is 5.32 Å². The molecule has 3 nitrogen and oxygen atoms in total. The van der Waals surface area contributed by atoms with E-state index in [0.717, 1.165) is 19.4 Å². The van der Waals surface area contributed by atoms with Crippen LogP contribution in [-0.2, 0) is 0 Å². The highest BCUT2D eigenvalue weighted by Crippen LogP contribution is 2.20. The smallest absolute Gasteiger partial charge is 0.0693 e. The summed E-state index contributed by atoms with van der Waals surface area (Å²) in [5.41, 5.74) is 0. The second-order valence-electron chi connectivity index (χ2n) is 5.64. The van der Waals surface area contributed by atoms with Crippen molar-refractivity contribution in [2.24, 2.45) is 0 Å². The van der Waals surface area contributed by atoms with Crippen LogP contribution in [0.3, 0.4) is 0 Å². The summed E-state index contributed by atoms with van der Waals surface area (Å²) >= 11 is 0. The highest BCUT2D eigenvalue weighted by molar-refractivity contribution is 4.84. The third kappa shape index (κ3) is 3.67. The van der Waals surface area contributed by atoms with Gasteiger partial charge in [0.25, 0.3) is 0 Å². The summed E-state index contributed by atoms with van der Waals surface area (Å²) in [4.78, 5) is 2.57. The van der Waals surface area contributed by atoms with Crippen molar-refractivity contribution in [3.8, 4) is 0 Å². The van der Waals surface area contributed by atoms with E-state index in [-0.39, 0.29) is 6.10 Å². The van der Waals surface area contributed by atoms with Gasteiger partial charge in [0.05, 0.1) is 6.10 Å². The predicted molar refractivity (Wildman–Crippen MR) is 71.2 cm³/mol. The highest BCUT2D eigenvalue weighted by atomic mass is 16.3. The van der Waals surface area contributed by atoms with Gasteiger partial charge < -0.3 is 10.4 Å². The van der Waals surface area contributed by atoms with E-state index in [4.69, 9.17) is 0 Å². The lowest BCUT2D eigenvalue weighted by molar-refractivity contribution is 0.115. The molecular formula is C14H28N2O. The second kappa shape index (κ2) is 6.72. The Bertz CT molecular complexity index is 222. The number of nitrogens with zero attached hydrogens (tertiary/aromatic N) is 1. The number of likely N-dealkylation sites (tertiary alicyclic amines) is 1. The molecule has 100 valence electrons. The molecule has 1 aliphatic heterocycles. The van der Waals surface area contributed by atoms with Gasteiger partial charge in [-0.3, -0.25) is 4.90 Å². The van der Waals surface area contributed by atoms with Gasteiger partial charge in [-0.1, -0.05) is 26.2 Å². The Hall–Kier alpha value is -0.120. The van der Waals surface area contributed by atoms with Crippen LogP contribution in [0.25, 0.3) is 0 Å². The van der Waals surface area contributed by atoms with Gasteiger partial charge in [0.15, 0.2) is 0 Å². The first kappa shape index (κ1) is 13.3. The highest BCUT2D eigenvalue weighted by Gasteiger charge is 2.26. The third-order valence-electron chi connectivity index (χ3n) is 4.50. The van der Waals surface area contributed by atoms with E-state index in [1.54, 1.807) is 0 Å². The van der Waals surface area contributed by atoms with Gasteiger partial charge in [-0.25, -0.2) is 0 Å². The number of nitrogens with one attached hydrogen (secondary N) is 1. The lowest BCUT2D eigenvalue weighted by Crippen LogP contribution is -2.46. The molecule has 0 aromatic rings. The average Bonchev–Trinajstić information content (AvgIpc) is 2.70. The molecule has 0 aromatic carbocycles. The van der Waals surface area contributed by atoms with E-state index >= 15 is 0 Å². The normalized spacial score (nSPS) is 36.0. The van der Waals surface area contributed by atoms with Gasteiger partial charge in [-0.15, -0.1) is 0 Å². The summed E-state index contributed by atoms with van der Waals surface area (Å²) in [6, 6.07) is 1.05. The largest absolute Gasteiger partial charge is 0.392 e. The molecule has 0 aromatic heterocycles. The van der Waals surface area contributed by atoms with Crippen molar-refractivity contribution in [3.63, 3.8) is 0 Å². The number of aliphatic hydroxyl groups is 1. The standard InChI is InChI=1S/C14H28N2O/c1-2-16-10-6-7-12(16)11-15-13-8-4-3-5-9-14(13)17/h12-15,17H,2-11H2,1H3. The molecule has 1 saturated carbocycles. The van der Waals surface area contributed by atoms with Gasteiger partial charge in [0.2, 0.25) is 0 Å². The Morgan fingerprint density at radius 3 is 2.76 bits per heavy atom. The molecule has 1 saturated heterocycles. The molecule has 2 fully saturated rings. The molecule has 0 radical (unpaired) electrons. The monoisotopic (exact) mass is 240 g/mol. The van der Waals surface area contributed by atoms with Gasteiger partial charge >= 0.3 is 0 Å². The van der Waals surface area contributed by atoms with E-state index in [0.29, 0.717) is 12.1 Å². The Kier molecular flexibility index (Phi) is 5.26. The summed E-state index contributed by atoms with van der Waals surface area (Å²) in [7, 11) is 0. The summed E-state index contributed by atoms with van der Waals surface area (Å²) in [5, 5.41) is 13.7. The molecule has 2 rings (SSSR count). The lowest BCUT2D eigenvalue weighted by Gasteiger charge is -2.27. The summed E-state index contributed by atoms with van der Waals surface area (Å²) in [6.07, 6.45) is 8.45. The Labute approximate surface area is 106 Å².